The summed E-state index contributed by atoms with van der Waals surface area (Å²) in [6.07, 6.45) is 0. The zero-order valence-corrected chi connectivity index (χ0v) is 21.0. The van der Waals surface area contributed by atoms with Crippen LogP contribution in [0.2, 0.25) is 0 Å². The van der Waals surface area contributed by atoms with Crippen LogP contribution in [0.3, 0.4) is 0 Å². The Morgan fingerprint density at radius 3 is 2.31 bits per heavy atom. The number of amides is 2. The number of esters is 1. The number of thiophene rings is 1. The van der Waals surface area contributed by atoms with Crippen molar-refractivity contribution in [2.75, 3.05) is 37.5 Å². The lowest BCUT2D eigenvalue weighted by molar-refractivity contribution is -0.115. The van der Waals surface area contributed by atoms with E-state index >= 15 is 0 Å². The molecule has 3 rings (SSSR count). The maximum absolute atomic E-state index is 13.2. The van der Waals surface area contributed by atoms with E-state index < -0.39 is 5.97 Å². The molecule has 0 radical (unpaired) electrons. The molecule has 0 saturated carbocycles. The summed E-state index contributed by atoms with van der Waals surface area (Å²) in [6.45, 7) is 4.07. The number of hydrogen-bond acceptors (Lipinski definition) is 7. The highest BCUT2D eigenvalue weighted by Crippen LogP contribution is 2.34. The summed E-state index contributed by atoms with van der Waals surface area (Å²) in [5.74, 6) is -0.523. The van der Waals surface area contributed by atoms with E-state index in [4.69, 9.17) is 9.47 Å². The van der Waals surface area contributed by atoms with Gasteiger partial charge in [-0.1, -0.05) is 30.3 Å². The third kappa shape index (κ3) is 6.39. The van der Waals surface area contributed by atoms with Gasteiger partial charge in [0.25, 0.3) is 5.91 Å². The fraction of sp³-hybridized carbons (Fsp3) is 0.269. The molecular weight excluding hydrogens is 466 g/mol. The lowest BCUT2D eigenvalue weighted by atomic mass is 10.1. The highest BCUT2D eigenvalue weighted by atomic mass is 32.1. The molecule has 0 fully saturated rings. The van der Waals surface area contributed by atoms with Crippen LogP contribution in [0.25, 0.3) is 0 Å². The van der Waals surface area contributed by atoms with Gasteiger partial charge in [0.2, 0.25) is 5.91 Å². The summed E-state index contributed by atoms with van der Waals surface area (Å²) in [4.78, 5) is 40.4. The summed E-state index contributed by atoms with van der Waals surface area (Å²) < 4.78 is 10.4. The highest BCUT2D eigenvalue weighted by Gasteiger charge is 2.26. The summed E-state index contributed by atoms with van der Waals surface area (Å²) in [5.41, 5.74) is 2.54. The minimum absolute atomic E-state index is 0.0236. The van der Waals surface area contributed by atoms with Crippen LogP contribution >= 0.6 is 11.3 Å². The van der Waals surface area contributed by atoms with Gasteiger partial charge in [0.15, 0.2) is 0 Å². The maximum Gasteiger partial charge on any atom is 0.341 e. The molecule has 0 bridgehead atoms. The maximum atomic E-state index is 13.2. The molecule has 35 heavy (non-hydrogen) atoms. The van der Waals surface area contributed by atoms with Crippen molar-refractivity contribution in [2.24, 2.45) is 0 Å². The molecule has 0 aliphatic carbocycles. The van der Waals surface area contributed by atoms with Crippen LogP contribution < -0.4 is 20.3 Å². The highest BCUT2D eigenvalue weighted by molar-refractivity contribution is 7.18. The summed E-state index contributed by atoms with van der Waals surface area (Å²) in [6, 6.07) is 17.3. The molecule has 1 heterocycles. The van der Waals surface area contributed by atoms with Gasteiger partial charge in [0.05, 0.1) is 30.7 Å². The predicted octanol–water partition coefficient (Wildman–Crippen LogP) is 4.25. The fourth-order valence-electron chi connectivity index (χ4n) is 3.56. The molecule has 0 atom stereocenters. The third-order valence-corrected chi connectivity index (χ3v) is 6.51. The minimum atomic E-state index is -0.581. The van der Waals surface area contributed by atoms with Crippen LogP contribution in [0, 0.1) is 6.92 Å². The van der Waals surface area contributed by atoms with Crippen LogP contribution in [0.5, 0.6) is 5.75 Å². The SMILES string of the molecule is CCOC(=O)c1c(NC(=O)CN(Cc2ccccc2)c2ccc(OC)cc2)sc(C(=O)NC)c1C. The van der Waals surface area contributed by atoms with Gasteiger partial charge in [-0.25, -0.2) is 4.79 Å². The Kier molecular flexibility index (Phi) is 8.86. The molecule has 3 aromatic rings. The average Bonchev–Trinajstić information content (AvgIpc) is 3.19. The number of rotatable bonds is 10. The summed E-state index contributed by atoms with van der Waals surface area (Å²) in [5, 5.41) is 5.69. The molecule has 184 valence electrons. The quantitative estimate of drug-likeness (QED) is 0.408. The molecule has 9 heteroatoms. The van der Waals surface area contributed by atoms with Gasteiger partial charge in [0, 0.05) is 19.3 Å². The molecule has 2 amide bonds. The van der Waals surface area contributed by atoms with Gasteiger partial charge < -0.3 is 25.0 Å². The molecule has 0 aliphatic heterocycles. The number of carbonyl (C=O) groups is 3. The van der Waals surface area contributed by atoms with Gasteiger partial charge >= 0.3 is 5.97 Å². The number of methoxy groups -OCH3 is 1. The molecule has 2 aromatic carbocycles. The van der Waals surface area contributed by atoms with Gasteiger partial charge in [-0.2, -0.15) is 0 Å². The Bertz CT molecular complexity index is 1180. The van der Waals surface area contributed by atoms with Crippen LogP contribution in [-0.4, -0.2) is 45.1 Å². The zero-order chi connectivity index (χ0) is 25.4. The van der Waals surface area contributed by atoms with E-state index in [-0.39, 0.29) is 30.5 Å². The van der Waals surface area contributed by atoms with E-state index in [9.17, 15) is 14.4 Å². The second-order valence-corrected chi connectivity index (χ2v) is 8.67. The van der Waals surface area contributed by atoms with Crippen LogP contribution in [0.1, 0.15) is 38.1 Å². The second kappa shape index (κ2) is 12.0. The molecule has 2 N–H and O–H groups in total. The Morgan fingerprint density at radius 2 is 1.71 bits per heavy atom. The Morgan fingerprint density at radius 1 is 1.03 bits per heavy atom. The van der Waals surface area contributed by atoms with E-state index in [0.717, 1.165) is 22.6 Å². The van der Waals surface area contributed by atoms with E-state index in [0.29, 0.717) is 27.7 Å². The van der Waals surface area contributed by atoms with Gasteiger partial charge in [-0.15, -0.1) is 11.3 Å². The third-order valence-electron chi connectivity index (χ3n) is 5.30. The van der Waals surface area contributed by atoms with E-state index in [1.807, 2.05) is 59.5 Å². The normalized spacial score (nSPS) is 10.4. The van der Waals surface area contributed by atoms with Crippen molar-refractivity contribution < 1.29 is 23.9 Å². The van der Waals surface area contributed by atoms with Crippen LogP contribution in [0.15, 0.2) is 54.6 Å². The number of carbonyl (C=O) groups excluding carboxylic acids is 3. The standard InChI is InChI=1S/C26H29N3O5S/c1-5-34-26(32)22-17(2)23(24(31)27-3)35-25(22)28-21(30)16-29(15-18-9-7-6-8-10-18)19-11-13-20(33-4)14-12-19/h6-14H,5,15-16H2,1-4H3,(H,27,31)(H,28,30). The summed E-state index contributed by atoms with van der Waals surface area (Å²) in [7, 11) is 3.11. The smallest absolute Gasteiger partial charge is 0.341 e. The molecular formula is C26H29N3O5S. The Labute approximate surface area is 208 Å². The van der Waals surface area contributed by atoms with Crippen LogP contribution in [-0.2, 0) is 16.1 Å². The van der Waals surface area contributed by atoms with Crippen molar-refractivity contribution in [1.29, 1.82) is 0 Å². The topological polar surface area (TPSA) is 97.0 Å². The van der Waals surface area contributed by atoms with Crippen molar-refractivity contribution in [1.82, 2.24) is 5.32 Å². The molecule has 0 spiro atoms. The largest absolute Gasteiger partial charge is 0.497 e. The molecule has 1 aromatic heterocycles. The molecule has 0 aliphatic rings. The van der Waals surface area contributed by atoms with Gasteiger partial charge in [-0.3, -0.25) is 9.59 Å². The number of anilines is 2. The first-order chi connectivity index (χ1) is 16.9. The number of hydrogen-bond donors (Lipinski definition) is 2. The predicted molar refractivity (Wildman–Crippen MR) is 138 cm³/mol. The van der Waals surface area contributed by atoms with Crippen molar-refractivity contribution in [3.05, 3.63) is 76.2 Å². The van der Waals surface area contributed by atoms with Crippen molar-refractivity contribution in [2.45, 2.75) is 20.4 Å². The van der Waals surface area contributed by atoms with Crippen molar-refractivity contribution in [3.8, 4) is 5.75 Å². The number of benzene rings is 2. The van der Waals surface area contributed by atoms with E-state index in [1.54, 1.807) is 21.0 Å². The average molecular weight is 496 g/mol. The summed E-state index contributed by atoms with van der Waals surface area (Å²) >= 11 is 1.05. The van der Waals surface area contributed by atoms with Gasteiger partial charge in [-0.05, 0) is 49.2 Å². The number of nitrogens with one attached hydrogen (secondary N) is 2. The van der Waals surface area contributed by atoms with Crippen LogP contribution in [0.4, 0.5) is 10.7 Å². The second-order valence-electron chi connectivity index (χ2n) is 7.65. The van der Waals surface area contributed by atoms with Crippen molar-refractivity contribution >= 4 is 39.8 Å². The lowest BCUT2D eigenvalue weighted by Gasteiger charge is -2.24. The van der Waals surface area contributed by atoms with E-state index in [2.05, 4.69) is 10.6 Å². The zero-order valence-electron chi connectivity index (χ0n) is 20.2. The Balaban J connectivity index is 1.88. The molecule has 0 unspecified atom stereocenters. The number of ether oxygens (including phenoxy) is 2. The lowest BCUT2D eigenvalue weighted by Crippen LogP contribution is -2.33. The molecule has 0 saturated heterocycles. The minimum Gasteiger partial charge on any atom is -0.497 e. The van der Waals surface area contributed by atoms with Crippen molar-refractivity contribution in [3.63, 3.8) is 0 Å². The Hall–Kier alpha value is -3.85. The number of nitrogens with zero attached hydrogens (tertiary/aromatic N) is 1. The first-order valence-corrected chi connectivity index (χ1v) is 11.9. The first kappa shape index (κ1) is 25.8. The molecule has 8 nitrogen and oxygen atoms in total. The first-order valence-electron chi connectivity index (χ1n) is 11.1. The fourth-order valence-corrected chi connectivity index (χ4v) is 4.71. The monoisotopic (exact) mass is 495 g/mol. The van der Waals surface area contributed by atoms with Gasteiger partial charge in [0.1, 0.15) is 10.8 Å². The van der Waals surface area contributed by atoms with E-state index in [1.165, 1.54) is 7.05 Å².